The van der Waals surface area contributed by atoms with Crippen molar-refractivity contribution in [3.8, 4) is 0 Å². The molecule has 14 rings (SSSR count). The maximum Gasteiger partial charge on any atom is 0.159 e. The molecule has 3 aliphatic rings. The molecule has 74 heavy (non-hydrogen) atoms. The summed E-state index contributed by atoms with van der Waals surface area (Å²) in [6, 6.07) is 56.0. The van der Waals surface area contributed by atoms with Gasteiger partial charge in [-0.15, -0.1) is 0 Å². The van der Waals surface area contributed by atoms with Gasteiger partial charge in [0.1, 0.15) is 11.3 Å². The van der Waals surface area contributed by atoms with Crippen LogP contribution in [0.3, 0.4) is 0 Å². The molecular formula is C70H66N2O2. The summed E-state index contributed by atoms with van der Waals surface area (Å²) in [4.78, 5) is 5.06. The Bertz CT molecular complexity index is 3930. The summed E-state index contributed by atoms with van der Waals surface area (Å²) in [6.45, 7) is 9.46. The summed E-state index contributed by atoms with van der Waals surface area (Å²) < 4.78 is 13.9. The van der Waals surface area contributed by atoms with E-state index in [1.807, 2.05) is 0 Å². The minimum atomic E-state index is 0.260. The third-order valence-corrected chi connectivity index (χ3v) is 17.6. The fourth-order valence-electron chi connectivity index (χ4n) is 13.9. The van der Waals surface area contributed by atoms with E-state index in [-0.39, 0.29) is 11.8 Å². The van der Waals surface area contributed by atoms with Crippen molar-refractivity contribution >= 4 is 105 Å². The summed E-state index contributed by atoms with van der Waals surface area (Å²) in [5.41, 5.74) is 16.4. The first kappa shape index (κ1) is 45.3. The van der Waals surface area contributed by atoms with Crippen LogP contribution in [0.5, 0.6) is 0 Å². The Labute approximate surface area is 435 Å². The Kier molecular flexibility index (Phi) is 11.2. The zero-order chi connectivity index (χ0) is 49.6. The van der Waals surface area contributed by atoms with Gasteiger partial charge >= 0.3 is 0 Å². The smallest absolute Gasteiger partial charge is 0.159 e. The molecule has 11 aromatic rings. The van der Waals surface area contributed by atoms with Gasteiger partial charge in [-0.3, -0.25) is 0 Å². The van der Waals surface area contributed by atoms with Gasteiger partial charge in [0.25, 0.3) is 0 Å². The van der Waals surface area contributed by atoms with Crippen LogP contribution < -0.4 is 9.80 Å². The van der Waals surface area contributed by atoms with Gasteiger partial charge in [-0.05, 0) is 167 Å². The third kappa shape index (κ3) is 7.37. The highest BCUT2D eigenvalue weighted by atomic mass is 16.3. The fraction of sp³-hybridized carbons (Fsp3) is 0.286. The lowest BCUT2D eigenvalue weighted by atomic mass is 9.83. The molecule has 2 heterocycles. The Morgan fingerprint density at radius 2 is 0.919 bits per heavy atom. The molecule has 0 unspecified atom stereocenters. The van der Waals surface area contributed by atoms with Crippen molar-refractivity contribution in [2.24, 2.45) is 0 Å². The highest BCUT2D eigenvalue weighted by Gasteiger charge is 2.30. The molecular weight excluding hydrogens is 901 g/mol. The molecule has 9 aromatic carbocycles. The maximum absolute atomic E-state index is 6.99. The number of allylic oxidation sites excluding steroid dienone is 1. The largest absolute Gasteiger partial charge is 0.454 e. The number of furan rings is 2. The Morgan fingerprint density at radius 1 is 0.432 bits per heavy atom. The van der Waals surface area contributed by atoms with Crippen molar-refractivity contribution in [3.05, 3.63) is 185 Å². The van der Waals surface area contributed by atoms with Gasteiger partial charge < -0.3 is 18.6 Å². The molecule has 0 atom stereocenters. The lowest BCUT2D eigenvalue weighted by Crippen LogP contribution is -2.14. The number of anilines is 6. The first-order valence-electron chi connectivity index (χ1n) is 28.1. The van der Waals surface area contributed by atoms with Crippen LogP contribution in [0.25, 0.3) is 71.3 Å². The summed E-state index contributed by atoms with van der Waals surface area (Å²) in [5.74, 6) is 2.76. The molecule has 3 aliphatic carbocycles. The van der Waals surface area contributed by atoms with Crippen LogP contribution in [-0.4, -0.2) is 0 Å². The molecule has 2 fully saturated rings. The number of hydrogen-bond acceptors (Lipinski definition) is 4. The summed E-state index contributed by atoms with van der Waals surface area (Å²) >= 11 is 0. The minimum absolute atomic E-state index is 0.260. The van der Waals surface area contributed by atoms with Crippen LogP contribution in [0.2, 0.25) is 0 Å². The van der Waals surface area contributed by atoms with Gasteiger partial charge in [0, 0.05) is 43.9 Å². The van der Waals surface area contributed by atoms with Crippen molar-refractivity contribution in [2.45, 2.75) is 128 Å². The van der Waals surface area contributed by atoms with E-state index in [0.29, 0.717) is 11.8 Å². The van der Waals surface area contributed by atoms with E-state index in [0.717, 1.165) is 68.9 Å². The van der Waals surface area contributed by atoms with Crippen LogP contribution in [-0.2, 0) is 6.42 Å². The number of aryl methyl sites for hydroxylation is 1. The standard InChI is InChI=1S/C70H66N2O2/c1-43(2)59-41-63(71(49-33-29-47(30-34-49)45-17-7-5-8-18-45)61-25-15-23-55-51-21-11-13-27-65(51)73-69(55)61)57-40-38-54-60(44(3)4)42-64(58-39-37-53(59)67(57)68(54)58)72(50-35-31-48(32-36-50)46-19-9-6-10-20-46)62-26-16-24-56-52-22-12-14-28-66(52)74-70(56)62/h11,13-16,21,23-46H,5-10,12,17-20,22H2,1-4H3. The monoisotopic (exact) mass is 967 g/mol. The lowest BCUT2D eigenvalue weighted by Gasteiger charge is -2.32. The molecule has 2 saturated carbocycles. The van der Waals surface area contributed by atoms with Crippen molar-refractivity contribution in [1.82, 2.24) is 0 Å². The second-order valence-electron chi connectivity index (χ2n) is 22.7. The molecule has 2 aromatic heterocycles. The van der Waals surface area contributed by atoms with Gasteiger partial charge in [-0.25, -0.2) is 0 Å². The number of para-hydroxylation sites is 3. The lowest BCUT2D eigenvalue weighted by molar-refractivity contribution is 0.443. The molecule has 4 heteroatoms. The van der Waals surface area contributed by atoms with E-state index in [4.69, 9.17) is 8.83 Å². The van der Waals surface area contributed by atoms with Crippen LogP contribution in [0, 0.1) is 0 Å². The van der Waals surface area contributed by atoms with Crippen molar-refractivity contribution in [3.63, 3.8) is 0 Å². The first-order chi connectivity index (χ1) is 36.4. The molecule has 368 valence electrons. The second kappa shape index (κ2) is 18.3. The van der Waals surface area contributed by atoms with Crippen molar-refractivity contribution < 1.29 is 8.83 Å². The summed E-state index contributed by atoms with van der Waals surface area (Å²) in [5, 5.41) is 11.2. The predicted molar refractivity (Wildman–Crippen MR) is 314 cm³/mol. The SMILES string of the molecule is CC(C)c1cc(N(c2ccc(C3CCCCC3)cc2)c2cccc3c4c(oc23)C=CCC4)c2ccc3c(C(C)C)cc(N(c4ccc(C5CCCCC5)cc4)c4cccc5c4oc4ccccc45)c4ccc1c2c34. The fourth-order valence-corrected chi connectivity index (χ4v) is 13.9. The quantitative estimate of drug-likeness (QED) is 0.128. The average Bonchev–Trinajstić information content (AvgIpc) is 4.04. The predicted octanol–water partition coefficient (Wildman–Crippen LogP) is 21.5. The zero-order valence-electron chi connectivity index (χ0n) is 43.5. The molecule has 4 nitrogen and oxygen atoms in total. The molecule has 0 aliphatic heterocycles. The van der Waals surface area contributed by atoms with E-state index in [2.05, 4.69) is 195 Å². The maximum atomic E-state index is 6.99. The van der Waals surface area contributed by atoms with Gasteiger partial charge in [0.2, 0.25) is 0 Å². The molecule has 0 amide bonds. The summed E-state index contributed by atoms with van der Waals surface area (Å²) in [7, 11) is 0. The number of rotatable bonds is 10. The highest BCUT2D eigenvalue weighted by Crippen LogP contribution is 2.53. The Morgan fingerprint density at radius 3 is 1.46 bits per heavy atom. The highest BCUT2D eigenvalue weighted by molar-refractivity contribution is 6.30. The zero-order valence-corrected chi connectivity index (χ0v) is 43.5. The van der Waals surface area contributed by atoms with Gasteiger partial charge in [0.15, 0.2) is 11.2 Å². The van der Waals surface area contributed by atoms with Crippen molar-refractivity contribution in [1.29, 1.82) is 0 Å². The summed E-state index contributed by atoms with van der Waals surface area (Å²) in [6.07, 6.45) is 19.5. The van der Waals surface area contributed by atoms with Crippen LogP contribution in [0.4, 0.5) is 34.1 Å². The molecule has 0 radical (unpaired) electrons. The Hall–Kier alpha value is -7.30. The molecule has 0 bridgehead atoms. The van der Waals surface area contributed by atoms with Crippen LogP contribution in [0.15, 0.2) is 161 Å². The number of nitrogens with zero attached hydrogens (tertiary/aromatic N) is 2. The van der Waals surface area contributed by atoms with E-state index >= 15 is 0 Å². The van der Waals surface area contributed by atoms with E-state index in [1.54, 1.807) is 0 Å². The van der Waals surface area contributed by atoms with Gasteiger partial charge in [-0.1, -0.05) is 163 Å². The topological polar surface area (TPSA) is 32.8 Å². The van der Waals surface area contributed by atoms with Gasteiger partial charge in [0.05, 0.1) is 22.7 Å². The first-order valence-corrected chi connectivity index (χ1v) is 28.1. The molecule has 0 N–H and O–H groups in total. The van der Waals surface area contributed by atoms with E-state index < -0.39 is 0 Å². The number of hydrogen-bond donors (Lipinski definition) is 0. The van der Waals surface area contributed by atoms with Gasteiger partial charge in [-0.2, -0.15) is 0 Å². The Balaban J connectivity index is 1.05. The van der Waals surface area contributed by atoms with E-state index in [1.165, 1.54) is 141 Å². The van der Waals surface area contributed by atoms with Crippen molar-refractivity contribution in [2.75, 3.05) is 9.80 Å². The van der Waals surface area contributed by atoms with E-state index in [9.17, 15) is 0 Å². The molecule has 0 spiro atoms. The average molecular weight is 967 g/mol. The number of fused-ring (bicyclic) bond motifs is 6. The third-order valence-electron chi connectivity index (χ3n) is 17.6. The normalized spacial score (nSPS) is 15.8. The van der Waals surface area contributed by atoms with Crippen LogP contribution in [0.1, 0.15) is 156 Å². The minimum Gasteiger partial charge on any atom is -0.454 e. The van der Waals surface area contributed by atoms with Crippen LogP contribution >= 0.6 is 0 Å². The molecule has 0 saturated heterocycles. The number of benzene rings is 9. The second-order valence-corrected chi connectivity index (χ2v) is 22.7.